The van der Waals surface area contributed by atoms with Crippen molar-refractivity contribution in [2.45, 2.75) is 76.5 Å². The summed E-state index contributed by atoms with van der Waals surface area (Å²) in [6, 6.07) is 11.5. The van der Waals surface area contributed by atoms with Gasteiger partial charge in [0.2, 0.25) is 11.8 Å². The number of piperazine rings is 1. The van der Waals surface area contributed by atoms with Gasteiger partial charge in [0.05, 0.1) is 24.0 Å². The Kier molecular flexibility index (Phi) is 10.3. The van der Waals surface area contributed by atoms with Crippen molar-refractivity contribution in [1.29, 1.82) is 0 Å². The molecule has 2 aromatic heterocycles. The van der Waals surface area contributed by atoms with E-state index in [1.807, 2.05) is 18.2 Å². The van der Waals surface area contributed by atoms with Gasteiger partial charge >= 0.3 is 0 Å². The predicted octanol–water partition coefficient (Wildman–Crippen LogP) is 4.47. The molecule has 7 heterocycles. The van der Waals surface area contributed by atoms with Crippen LogP contribution in [0.2, 0.25) is 0 Å². The Morgan fingerprint density at radius 2 is 1.52 bits per heavy atom. The van der Waals surface area contributed by atoms with Crippen molar-refractivity contribution in [3.05, 3.63) is 53.9 Å². The molecule has 1 aliphatic carbocycles. The Balaban J connectivity index is 0.673. The molecular formula is C45H56N10O5. The summed E-state index contributed by atoms with van der Waals surface area (Å²) in [5.41, 5.74) is 5.10. The molecule has 2 aromatic carbocycles. The molecule has 5 aliphatic heterocycles. The van der Waals surface area contributed by atoms with E-state index in [9.17, 15) is 14.4 Å². The number of piperidine rings is 3. The number of imide groups is 1. The monoisotopic (exact) mass is 816 g/mol. The molecular weight excluding hydrogens is 761 g/mol. The molecule has 15 nitrogen and oxygen atoms in total. The van der Waals surface area contributed by atoms with Gasteiger partial charge in [0.25, 0.3) is 5.91 Å². The van der Waals surface area contributed by atoms with Crippen molar-refractivity contribution in [1.82, 2.24) is 40.2 Å². The van der Waals surface area contributed by atoms with Crippen LogP contribution in [-0.4, -0.2) is 137 Å². The van der Waals surface area contributed by atoms with Gasteiger partial charge in [-0.1, -0.05) is 0 Å². The van der Waals surface area contributed by atoms with Crippen LogP contribution in [0.1, 0.15) is 74.2 Å². The second-order valence-electron chi connectivity index (χ2n) is 18.1. The number of methoxy groups -OCH3 is 1. The van der Waals surface area contributed by atoms with E-state index in [1.54, 1.807) is 18.3 Å². The third kappa shape index (κ3) is 7.89. The number of aromatic amines is 1. The number of carbonyl (C=O) groups excluding carboxylic acids is 3. The average molecular weight is 817 g/mol. The first-order valence-electron chi connectivity index (χ1n) is 22.0. The number of hydrogen-bond donors (Lipinski definition) is 2. The molecule has 2 N–H and O–H groups in total. The van der Waals surface area contributed by atoms with Gasteiger partial charge in [-0.15, -0.1) is 0 Å². The van der Waals surface area contributed by atoms with Gasteiger partial charge in [0, 0.05) is 95.4 Å². The highest BCUT2D eigenvalue weighted by molar-refractivity contribution is 6.06. The van der Waals surface area contributed by atoms with Crippen molar-refractivity contribution in [3.8, 4) is 22.9 Å². The molecule has 5 fully saturated rings. The number of rotatable bonds is 11. The molecule has 15 heteroatoms. The number of nitrogens with zero attached hydrogens (tertiary/aromatic N) is 8. The minimum absolute atomic E-state index is 0.0382. The topological polar surface area (TPSA) is 152 Å². The number of H-pyrrole nitrogens is 1. The van der Waals surface area contributed by atoms with E-state index < -0.39 is 11.9 Å². The van der Waals surface area contributed by atoms with Crippen LogP contribution in [0.4, 0.5) is 11.5 Å². The van der Waals surface area contributed by atoms with Gasteiger partial charge in [-0.3, -0.25) is 24.8 Å². The first-order valence-corrected chi connectivity index (χ1v) is 22.0. The number of benzene rings is 2. The molecule has 4 aromatic rings. The van der Waals surface area contributed by atoms with E-state index in [4.69, 9.17) is 9.47 Å². The lowest BCUT2D eigenvalue weighted by Crippen LogP contribution is -2.52. The molecule has 316 valence electrons. The first-order chi connectivity index (χ1) is 29.2. The van der Waals surface area contributed by atoms with Gasteiger partial charge in [-0.05, 0) is 99.6 Å². The highest BCUT2D eigenvalue weighted by Gasteiger charge is 2.41. The van der Waals surface area contributed by atoms with Gasteiger partial charge < -0.3 is 34.0 Å². The van der Waals surface area contributed by atoms with Crippen LogP contribution in [-0.2, 0) is 16.1 Å². The van der Waals surface area contributed by atoms with Crippen molar-refractivity contribution in [2.75, 3.05) is 82.4 Å². The van der Waals surface area contributed by atoms with Crippen molar-refractivity contribution in [2.24, 2.45) is 11.8 Å². The summed E-state index contributed by atoms with van der Waals surface area (Å²) in [6.45, 7) is 13.2. The van der Waals surface area contributed by atoms with Crippen molar-refractivity contribution in [3.63, 3.8) is 0 Å². The molecule has 1 unspecified atom stereocenters. The molecule has 10 rings (SSSR count). The quantitative estimate of drug-likeness (QED) is 0.206. The molecule has 0 bridgehead atoms. The lowest BCUT2D eigenvalue weighted by molar-refractivity contribution is -0.136. The number of aromatic nitrogens is 4. The lowest BCUT2D eigenvalue weighted by atomic mass is 9.94. The minimum Gasteiger partial charge on any atom is -0.495 e. The van der Waals surface area contributed by atoms with Crippen LogP contribution >= 0.6 is 0 Å². The normalized spacial score (nSPS) is 23.0. The zero-order valence-corrected chi connectivity index (χ0v) is 34.8. The fourth-order valence-electron chi connectivity index (χ4n) is 10.0. The fraction of sp³-hybridized carbons (Fsp3) is 0.556. The van der Waals surface area contributed by atoms with Gasteiger partial charge in [0.1, 0.15) is 41.0 Å². The molecule has 0 radical (unpaired) electrons. The Morgan fingerprint density at radius 1 is 0.817 bits per heavy atom. The van der Waals surface area contributed by atoms with E-state index in [1.165, 1.54) is 0 Å². The average Bonchev–Trinajstić information content (AvgIpc) is 3.69. The Morgan fingerprint density at radius 3 is 2.18 bits per heavy atom. The van der Waals surface area contributed by atoms with Crippen LogP contribution in [0.5, 0.6) is 11.5 Å². The summed E-state index contributed by atoms with van der Waals surface area (Å²) in [5, 5.41) is 11.2. The van der Waals surface area contributed by atoms with Gasteiger partial charge in [-0.25, -0.2) is 9.97 Å². The summed E-state index contributed by atoms with van der Waals surface area (Å²) < 4.78 is 12.0. The molecule has 1 atom stereocenters. The summed E-state index contributed by atoms with van der Waals surface area (Å²) in [4.78, 5) is 58.7. The Bertz CT molecular complexity index is 2270. The molecule has 1 saturated carbocycles. The number of fused-ring (bicyclic) bond motifs is 2. The van der Waals surface area contributed by atoms with Crippen LogP contribution in [0.25, 0.3) is 22.3 Å². The summed E-state index contributed by atoms with van der Waals surface area (Å²) in [7, 11) is 1.65. The number of hydrogen-bond acceptors (Lipinski definition) is 12. The van der Waals surface area contributed by atoms with Crippen LogP contribution in [0, 0.1) is 11.8 Å². The predicted molar refractivity (Wildman–Crippen MR) is 227 cm³/mol. The first kappa shape index (κ1) is 38.9. The number of carbonyl (C=O) groups is 3. The number of amides is 3. The summed E-state index contributed by atoms with van der Waals surface area (Å²) in [6.07, 6.45) is 9.00. The number of nitrogens with one attached hydrogen (secondary N) is 2. The van der Waals surface area contributed by atoms with Gasteiger partial charge in [-0.2, -0.15) is 5.10 Å². The molecule has 3 amide bonds. The summed E-state index contributed by atoms with van der Waals surface area (Å²) >= 11 is 0. The van der Waals surface area contributed by atoms with Crippen LogP contribution < -0.4 is 24.6 Å². The maximum absolute atomic E-state index is 13.4. The highest BCUT2D eigenvalue weighted by atomic mass is 16.5. The molecule has 60 heavy (non-hydrogen) atoms. The minimum atomic E-state index is -0.625. The fourth-order valence-corrected chi connectivity index (χ4v) is 10.0. The lowest BCUT2D eigenvalue weighted by Gasteiger charge is -2.41. The van der Waals surface area contributed by atoms with Crippen LogP contribution in [0.15, 0.2) is 42.7 Å². The smallest absolute Gasteiger partial charge is 0.255 e. The molecule has 6 aliphatic rings. The van der Waals surface area contributed by atoms with E-state index in [0.717, 1.165) is 149 Å². The summed E-state index contributed by atoms with van der Waals surface area (Å²) in [5.74, 6) is 3.03. The Hall–Kier alpha value is -5.28. The maximum atomic E-state index is 13.4. The van der Waals surface area contributed by atoms with E-state index in [-0.39, 0.29) is 23.8 Å². The second-order valence-corrected chi connectivity index (χ2v) is 18.1. The maximum Gasteiger partial charge on any atom is 0.255 e. The van der Waals surface area contributed by atoms with E-state index in [0.29, 0.717) is 36.1 Å². The van der Waals surface area contributed by atoms with E-state index >= 15 is 0 Å². The van der Waals surface area contributed by atoms with E-state index in [2.05, 4.69) is 70.2 Å². The largest absolute Gasteiger partial charge is 0.495 e. The molecule has 4 saturated heterocycles. The highest BCUT2D eigenvalue weighted by Crippen LogP contribution is 2.41. The number of anilines is 2. The third-order valence-corrected chi connectivity index (χ3v) is 14.0. The van der Waals surface area contributed by atoms with Crippen LogP contribution in [0.3, 0.4) is 0 Å². The molecule has 0 spiro atoms. The van der Waals surface area contributed by atoms with Crippen molar-refractivity contribution >= 4 is 40.1 Å². The Labute approximate surface area is 350 Å². The standard InChI is InChI=1S/C45H56N10O5/c1-45(11-12-45)60-32-3-4-35-34(22-32)42(50-49-35)36-24-40(47-28-46-36)54-15-9-30(10-16-54)26-52-19-17-51(18-20-52)25-29-7-13-53(14-8-29)38-21-31-27-55(37-5-6-41(56)48-43(37)57)44(58)33(31)23-39(38)59-2/h3-4,21-24,28-30,37H,5-20,25-27H2,1-2H3,(H,49,50)(H,48,56,57). The van der Waals surface area contributed by atoms with Gasteiger partial charge in [0.15, 0.2) is 0 Å². The third-order valence-electron chi connectivity index (χ3n) is 14.0. The SMILES string of the molecule is COc1cc2c(cc1N1CCC(CN3CCN(CC4CCN(c5cc(-c6n[nH]c7ccc(OC8(C)CC8)cc67)ncn5)CC4)CC3)CC1)CN(C1CCC(=O)NC1=O)C2=O. The zero-order valence-electron chi connectivity index (χ0n) is 34.8. The number of ether oxygens (including phenoxy) is 2. The van der Waals surface area contributed by atoms with Crippen molar-refractivity contribution < 1.29 is 23.9 Å². The zero-order chi connectivity index (χ0) is 41.0. The second kappa shape index (κ2) is 16.0.